The van der Waals surface area contributed by atoms with Crippen LogP contribution in [0, 0.1) is 0 Å². The lowest BCUT2D eigenvalue weighted by Gasteiger charge is -2.12. The standard InChI is InChI=1S/C31H30N2O5/c1-2-3-8-27-26(19-21-11-14-22(15-12-21)24-6-4-5-7-25(24)31(37)38)29(34)33-28(32-27)18-13-20-9-16-23(17-10-20)30(35)36/h4-7,9-12,14-17H,2-3,8,13,18-19H2,1H3,(H,35,36)(H,37,38)(H,32,33,34). The third-order valence-electron chi connectivity index (χ3n) is 6.59. The molecule has 3 N–H and O–H groups in total. The number of hydrogen-bond donors (Lipinski definition) is 3. The summed E-state index contributed by atoms with van der Waals surface area (Å²) in [6.07, 6.45) is 4.28. The zero-order chi connectivity index (χ0) is 27.1. The first-order chi connectivity index (χ1) is 18.4. The SMILES string of the molecule is CCCCc1[nH]c(CCc2ccc(C(=O)O)cc2)nc(=O)c1Cc1ccc(-c2ccccc2C(=O)O)cc1. The van der Waals surface area contributed by atoms with E-state index in [1.807, 2.05) is 30.3 Å². The highest BCUT2D eigenvalue weighted by molar-refractivity contribution is 5.96. The van der Waals surface area contributed by atoms with Crippen LogP contribution < -0.4 is 5.56 Å². The molecule has 0 atom stereocenters. The van der Waals surface area contributed by atoms with Crippen LogP contribution in [0.3, 0.4) is 0 Å². The van der Waals surface area contributed by atoms with Crippen LogP contribution in [0.4, 0.5) is 0 Å². The van der Waals surface area contributed by atoms with Crippen LogP contribution >= 0.6 is 0 Å². The first-order valence-electron chi connectivity index (χ1n) is 12.7. The van der Waals surface area contributed by atoms with Crippen LogP contribution in [0.1, 0.15) is 68.7 Å². The molecule has 0 aliphatic heterocycles. The van der Waals surface area contributed by atoms with E-state index in [2.05, 4.69) is 16.9 Å². The Hall–Kier alpha value is -4.52. The van der Waals surface area contributed by atoms with Crippen LogP contribution in [-0.4, -0.2) is 32.1 Å². The second-order valence-corrected chi connectivity index (χ2v) is 9.28. The van der Waals surface area contributed by atoms with Crippen molar-refractivity contribution in [2.45, 2.75) is 45.4 Å². The van der Waals surface area contributed by atoms with Crippen LogP contribution in [0.25, 0.3) is 11.1 Å². The van der Waals surface area contributed by atoms with Gasteiger partial charge in [0.25, 0.3) is 5.56 Å². The van der Waals surface area contributed by atoms with Gasteiger partial charge in [0.15, 0.2) is 0 Å². The molecule has 0 aliphatic carbocycles. The summed E-state index contributed by atoms with van der Waals surface area (Å²) in [4.78, 5) is 43.5. The average Bonchev–Trinajstić information content (AvgIpc) is 2.92. The second-order valence-electron chi connectivity index (χ2n) is 9.28. The average molecular weight is 511 g/mol. The zero-order valence-corrected chi connectivity index (χ0v) is 21.2. The summed E-state index contributed by atoms with van der Waals surface area (Å²) in [5.74, 6) is -1.31. The number of nitrogens with one attached hydrogen (secondary N) is 1. The number of unbranched alkanes of at least 4 members (excludes halogenated alkanes) is 1. The molecule has 7 heteroatoms. The molecule has 0 radical (unpaired) electrons. The molecule has 0 aliphatic rings. The number of H-pyrrole nitrogens is 1. The van der Waals surface area contributed by atoms with E-state index in [1.54, 1.807) is 42.5 Å². The number of aryl methyl sites for hydroxylation is 3. The van der Waals surface area contributed by atoms with Gasteiger partial charge in [-0.05, 0) is 59.7 Å². The molecule has 0 spiro atoms. The highest BCUT2D eigenvalue weighted by atomic mass is 16.4. The molecule has 0 unspecified atom stereocenters. The molecule has 194 valence electrons. The van der Waals surface area contributed by atoms with Gasteiger partial charge in [0.05, 0.1) is 11.1 Å². The van der Waals surface area contributed by atoms with Crippen molar-refractivity contribution in [3.05, 3.63) is 122 Å². The van der Waals surface area contributed by atoms with Crippen LogP contribution in [0.15, 0.2) is 77.6 Å². The number of nitrogens with zero attached hydrogens (tertiary/aromatic N) is 1. The summed E-state index contributed by atoms with van der Waals surface area (Å²) in [6, 6.07) is 21.2. The molecular weight excluding hydrogens is 480 g/mol. The number of carboxylic acid groups (broad SMARTS) is 2. The first kappa shape index (κ1) is 26.5. The van der Waals surface area contributed by atoms with Crippen molar-refractivity contribution in [2.75, 3.05) is 0 Å². The maximum Gasteiger partial charge on any atom is 0.336 e. The van der Waals surface area contributed by atoms with Crippen LogP contribution in [-0.2, 0) is 25.7 Å². The molecular formula is C31H30N2O5. The third kappa shape index (κ3) is 6.42. The quantitative estimate of drug-likeness (QED) is 0.243. The Morgan fingerprint density at radius 2 is 1.50 bits per heavy atom. The fourth-order valence-electron chi connectivity index (χ4n) is 4.47. The summed E-state index contributed by atoms with van der Waals surface area (Å²) in [5, 5.41) is 18.6. The monoisotopic (exact) mass is 510 g/mol. The second kappa shape index (κ2) is 12.1. The van der Waals surface area contributed by atoms with Gasteiger partial charge in [0.1, 0.15) is 5.82 Å². The predicted octanol–water partition coefficient (Wildman–Crippen LogP) is 5.55. The van der Waals surface area contributed by atoms with Gasteiger partial charge < -0.3 is 15.2 Å². The van der Waals surface area contributed by atoms with Gasteiger partial charge in [-0.25, -0.2) is 9.59 Å². The molecule has 1 aromatic heterocycles. The Labute approximate surface area is 220 Å². The van der Waals surface area contributed by atoms with Crippen molar-refractivity contribution >= 4 is 11.9 Å². The molecule has 0 saturated carbocycles. The summed E-state index contributed by atoms with van der Waals surface area (Å²) >= 11 is 0. The molecule has 0 fully saturated rings. The van der Waals surface area contributed by atoms with Gasteiger partial charge in [-0.15, -0.1) is 0 Å². The first-order valence-corrected chi connectivity index (χ1v) is 12.7. The highest BCUT2D eigenvalue weighted by Gasteiger charge is 2.14. The minimum atomic E-state index is -0.972. The largest absolute Gasteiger partial charge is 0.478 e. The maximum absolute atomic E-state index is 13.1. The highest BCUT2D eigenvalue weighted by Crippen LogP contribution is 2.25. The van der Waals surface area contributed by atoms with Crippen LogP contribution in [0.2, 0.25) is 0 Å². The summed E-state index contributed by atoms with van der Waals surface area (Å²) in [5.41, 5.74) is 5.15. The van der Waals surface area contributed by atoms with Gasteiger partial charge in [0.2, 0.25) is 0 Å². The minimum Gasteiger partial charge on any atom is -0.478 e. The number of aromatic nitrogens is 2. The smallest absolute Gasteiger partial charge is 0.336 e. The third-order valence-corrected chi connectivity index (χ3v) is 6.59. The minimum absolute atomic E-state index is 0.241. The lowest BCUT2D eigenvalue weighted by molar-refractivity contribution is 0.0686. The summed E-state index contributed by atoms with van der Waals surface area (Å²) in [6.45, 7) is 2.11. The lowest BCUT2D eigenvalue weighted by atomic mass is 9.96. The molecule has 0 saturated heterocycles. The lowest BCUT2D eigenvalue weighted by Crippen LogP contribution is -2.21. The number of rotatable bonds is 11. The van der Waals surface area contributed by atoms with Gasteiger partial charge in [-0.1, -0.05) is 67.9 Å². The fourth-order valence-corrected chi connectivity index (χ4v) is 4.47. The van der Waals surface area contributed by atoms with E-state index in [0.717, 1.165) is 41.6 Å². The molecule has 4 aromatic rings. The Morgan fingerprint density at radius 3 is 2.16 bits per heavy atom. The molecule has 0 bridgehead atoms. The number of benzene rings is 3. The number of hydrogen-bond acceptors (Lipinski definition) is 4. The zero-order valence-electron chi connectivity index (χ0n) is 21.2. The predicted molar refractivity (Wildman–Crippen MR) is 146 cm³/mol. The number of aromatic amines is 1. The molecule has 38 heavy (non-hydrogen) atoms. The number of carboxylic acids is 2. The Balaban J connectivity index is 1.54. The van der Waals surface area contributed by atoms with Crippen molar-refractivity contribution < 1.29 is 19.8 Å². The van der Waals surface area contributed by atoms with Crippen molar-refractivity contribution in [3.8, 4) is 11.1 Å². The summed E-state index contributed by atoms with van der Waals surface area (Å²) < 4.78 is 0. The molecule has 0 amide bonds. The van der Waals surface area contributed by atoms with E-state index in [0.29, 0.717) is 36.2 Å². The number of carbonyl (C=O) groups is 2. The van der Waals surface area contributed by atoms with Crippen LogP contribution in [0.5, 0.6) is 0 Å². The fraction of sp³-hybridized carbons (Fsp3) is 0.226. The van der Waals surface area contributed by atoms with Gasteiger partial charge in [-0.3, -0.25) is 4.79 Å². The van der Waals surface area contributed by atoms with Gasteiger partial charge in [-0.2, -0.15) is 4.98 Å². The van der Waals surface area contributed by atoms with E-state index >= 15 is 0 Å². The maximum atomic E-state index is 13.1. The van der Waals surface area contributed by atoms with Crippen molar-refractivity contribution in [3.63, 3.8) is 0 Å². The van der Waals surface area contributed by atoms with Crippen molar-refractivity contribution in [1.82, 2.24) is 9.97 Å². The topological polar surface area (TPSA) is 120 Å². The molecule has 3 aromatic carbocycles. The van der Waals surface area contributed by atoms with E-state index in [1.165, 1.54) is 0 Å². The molecule has 4 rings (SSSR count). The number of aromatic carboxylic acids is 2. The van der Waals surface area contributed by atoms with Crippen molar-refractivity contribution in [2.24, 2.45) is 0 Å². The van der Waals surface area contributed by atoms with E-state index < -0.39 is 11.9 Å². The van der Waals surface area contributed by atoms with Gasteiger partial charge >= 0.3 is 11.9 Å². The normalized spacial score (nSPS) is 10.9. The Bertz CT molecular complexity index is 1490. The van der Waals surface area contributed by atoms with Crippen molar-refractivity contribution in [1.29, 1.82) is 0 Å². The summed E-state index contributed by atoms with van der Waals surface area (Å²) in [7, 11) is 0. The van der Waals surface area contributed by atoms with E-state index in [9.17, 15) is 19.5 Å². The van der Waals surface area contributed by atoms with E-state index in [4.69, 9.17) is 5.11 Å². The molecule has 7 nitrogen and oxygen atoms in total. The van der Waals surface area contributed by atoms with Gasteiger partial charge in [0, 0.05) is 24.1 Å². The Kier molecular flexibility index (Phi) is 8.48. The van der Waals surface area contributed by atoms with E-state index in [-0.39, 0.29) is 16.7 Å². The Morgan fingerprint density at radius 1 is 0.816 bits per heavy atom. The molecule has 1 heterocycles.